The van der Waals surface area contributed by atoms with Crippen LogP contribution >= 0.6 is 0 Å². The molecular weight excluding hydrogens is 442 g/mol. The molecule has 1 amide bonds. The predicted molar refractivity (Wildman–Crippen MR) is 123 cm³/mol. The standard InChI is InChI=1S/C24H21N3O5S/c1-16(2)33(29,30)21-13-7-9-18(15-21)23-26-27-24(32-23)25-22(28)17-8-6-12-20(14-17)31-19-10-4-3-5-11-19/h3-16H,1-2H3,(H,25,27,28). The molecular formula is C24H21N3O5S. The molecule has 8 nitrogen and oxygen atoms in total. The highest BCUT2D eigenvalue weighted by atomic mass is 32.2. The maximum atomic E-state index is 12.7. The van der Waals surface area contributed by atoms with Crippen molar-refractivity contribution in [3.8, 4) is 23.0 Å². The summed E-state index contributed by atoms with van der Waals surface area (Å²) in [5.74, 6) is 0.786. The number of hydrogen-bond donors (Lipinski definition) is 1. The van der Waals surface area contributed by atoms with E-state index in [4.69, 9.17) is 9.15 Å². The monoisotopic (exact) mass is 463 g/mol. The van der Waals surface area contributed by atoms with Gasteiger partial charge in [0.05, 0.1) is 10.1 Å². The van der Waals surface area contributed by atoms with Crippen molar-refractivity contribution in [1.29, 1.82) is 0 Å². The van der Waals surface area contributed by atoms with E-state index >= 15 is 0 Å². The molecule has 33 heavy (non-hydrogen) atoms. The number of para-hydroxylation sites is 1. The lowest BCUT2D eigenvalue weighted by Crippen LogP contribution is -2.13. The molecule has 0 unspecified atom stereocenters. The van der Waals surface area contributed by atoms with Crippen molar-refractivity contribution >= 4 is 21.8 Å². The van der Waals surface area contributed by atoms with Gasteiger partial charge in [-0.15, -0.1) is 5.10 Å². The van der Waals surface area contributed by atoms with E-state index in [-0.39, 0.29) is 16.8 Å². The highest BCUT2D eigenvalue weighted by Gasteiger charge is 2.21. The fourth-order valence-electron chi connectivity index (χ4n) is 2.96. The lowest BCUT2D eigenvalue weighted by atomic mass is 10.2. The molecule has 3 aromatic carbocycles. The molecule has 1 aromatic heterocycles. The van der Waals surface area contributed by atoms with E-state index in [0.717, 1.165) is 0 Å². The number of nitrogens with zero attached hydrogens (tertiary/aromatic N) is 2. The van der Waals surface area contributed by atoms with Crippen LogP contribution < -0.4 is 10.1 Å². The van der Waals surface area contributed by atoms with Gasteiger partial charge >= 0.3 is 6.01 Å². The number of rotatable bonds is 7. The Morgan fingerprint density at radius 2 is 1.64 bits per heavy atom. The Labute approximate surface area is 191 Å². The van der Waals surface area contributed by atoms with Gasteiger partial charge in [-0.1, -0.05) is 35.4 Å². The molecule has 0 bridgehead atoms. The fraction of sp³-hybridized carbons (Fsp3) is 0.125. The first-order valence-corrected chi connectivity index (χ1v) is 11.7. The minimum atomic E-state index is -3.45. The second kappa shape index (κ2) is 9.25. The van der Waals surface area contributed by atoms with E-state index in [1.54, 1.807) is 50.2 Å². The van der Waals surface area contributed by atoms with Crippen LogP contribution in [-0.2, 0) is 9.84 Å². The molecule has 0 aliphatic heterocycles. The van der Waals surface area contributed by atoms with E-state index in [1.165, 1.54) is 12.1 Å². The number of amides is 1. The number of aromatic nitrogens is 2. The number of carbonyl (C=O) groups is 1. The van der Waals surface area contributed by atoms with Crippen molar-refractivity contribution in [2.75, 3.05) is 5.32 Å². The van der Waals surface area contributed by atoms with E-state index in [9.17, 15) is 13.2 Å². The maximum Gasteiger partial charge on any atom is 0.322 e. The van der Waals surface area contributed by atoms with Crippen LogP contribution in [0.2, 0.25) is 0 Å². The highest BCUT2D eigenvalue weighted by molar-refractivity contribution is 7.92. The van der Waals surface area contributed by atoms with Gasteiger partial charge in [-0.2, -0.15) is 0 Å². The van der Waals surface area contributed by atoms with Gasteiger partial charge in [0, 0.05) is 11.1 Å². The topological polar surface area (TPSA) is 111 Å². The number of nitrogens with one attached hydrogen (secondary N) is 1. The summed E-state index contributed by atoms with van der Waals surface area (Å²) in [4.78, 5) is 12.8. The first-order chi connectivity index (χ1) is 15.8. The smallest absolute Gasteiger partial charge is 0.322 e. The van der Waals surface area contributed by atoms with Crippen LogP contribution in [0.3, 0.4) is 0 Å². The minimum absolute atomic E-state index is 0.0901. The normalized spacial score (nSPS) is 11.4. The molecule has 1 heterocycles. The highest BCUT2D eigenvalue weighted by Crippen LogP contribution is 2.26. The minimum Gasteiger partial charge on any atom is -0.457 e. The molecule has 0 saturated heterocycles. The molecule has 0 aliphatic rings. The molecule has 4 aromatic rings. The Morgan fingerprint density at radius 3 is 2.39 bits per heavy atom. The first-order valence-electron chi connectivity index (χ1n) is 10.1. The number of sulfone groups is 1. The molecule has 0 radical (unpaired) electrons. The summed E-state index contributed by atoms with van der Waals surface area (Å²) in [6.07, 6.45) is 0. The Kier molecular flexibility index (Phi) is 6.23. The number of carbonyl (C=O) groups excluding carboxylic acids is 1. The third kappa shape index (κ3) is 5.09. The SMILES string of the molecule is CC(C)S(=O)(=O)c1cccc(-c2nnc(NC(=O)c3cccc(Oc4ccccc4)c3)o2)c1. The molecule has 1 N–H and O–H groups in total. The molecule has 0 spiro atoms. The molecule has 0 atom stereocenters. The molecule has 0 aliphatic carbocycles. The van der Waals surface area contributed by atoms with Gasteiger partial charge in [-0.3, -0.25) is 10.1 Å². The van der Waals surface area contributed by atoms with Gasteiger partial charge in [0.1, 0.15) is 11.5 Å². The van der Waals surface area contributed by atoms with Crippen LogP contribution in [0.4, 0.5) is 6.01 Å². The lowest BCUT2D eigenvalue weighted by molar-refractivity contribution is 0.102. The summed E-state index contributed by atoms with van der Waals surface area (Å²) >= 11 is 0. The van der Waals surface area contributed by atoms with E-state index < -0.39 is 21.0 Å². The maximum absolute atomic E-state index is 12.7. The third-order valence-electron chi connectivity index (χ3n) is 4.75. The number of benzene rings is 3. The molecule has 0 saturated carbocycles. The van der Waals surface area contributed by atoms with Crippen LogP contribution in [0.1, 0.15) is 24.2 Å². The van der Waals surface area contributed by atoms with Gasteiger partial charge in [-0.25, -0.2) is 8.42 Å². The predicted octanol–water partition coefficient (Wildman–Crippen LogP) is 4.96. The number of ether oxygens (including phenoxy) is 1. The zero-order chi connectivity index (χ0) is 23.4. The van der Waals surface area contributed by atoms with Crippen molar-refractivity contribution < 1.29 is 22.4 Å². The van der Waals surface area contributed by atoms with Crippen molar-refractivity contribution in [3.63, 3.8) is 0 Å². The summed E-state index contributed by atoms with van der Waals surface area (Å²) in [5.41, 5.74) is 0.774. The van der Waals surface area contributed by atoms with Crippen LogP contribution in [0.5, 0.6) is 11.5 Å². The second-order valence-electron chi connectivity index (χ2n) is 7.43. The van der Waals surface area contributed by atoms with E-state index in [2.05, 4.69) is 15.5 Å². The fourth-order valence-corrected chi connectivity index (χ4v) is 4.07. The summed E-state index contributed by atoms with van der Waals surface area (Å²) < 4.78 is 36.2. The largest absolute Gasteiger partial charge is 0.457 e. The van der Waals surface area contributed by atoms with Crippen LogP contribution in [0.25, 0.3) is 11.5 Å². The van der Waals surface area contributed by atoms with Crippen LogP contribution in [-0.4, -0.2) is 29.8 Å². The number of hydrogen-bond acceptors (Lipinski definition) is 7. The van der Waals surface area contributed by atoms with Crippen LogP contribution in [0.15, 0.2) is 88.2 Å². The summed E-state index contributed by atoms with van der Waals surface area (Å²) in [5, 5.41) is 9.76. The van der Waals surface area contributed by atoms with Crippen LogP contribution in [0, 0.1) is 0 Å². The summed E-state index contributed by atoms with van der Waals surface area (Å²) in [7, 11) is -3.45. The second-order valence-corrected chi connectivity index (χ2v) is 9.94. The Bertz CT molecular complexity index is 1380. The van der Waals surface area contributed by atoms with Gasteiger partial charge in [0.15, 0.2) is 9.84 Å². The zero-order valence-electron chi connectivity index (χ0n) is 17.9. The van der Waals surface area contributed by atoms with Gasteiger partial charge in [-0.05, 0) is 62.4 Å². The summed E-state index contributed by atoms with van der Waals surface area (Å²) in [6.45, 7) is 3.23. The molecule has 168 valence electrons. The van der Waals surface area contributed by atoms with E-state index in [0.29, 0.717) is 22.6 Å². The molecule has 4 rings (SSSR count). The first kappa shape index (κ1) is 22.2. The van der Waals surface area contributed by atoms with Crippen molar-refractivity contribution in [3.05, 3.63) is 84.4 Å². The lowest BCUT2D eigenvalue weighted by Gasteiger charge is -2.08. The van der Waals surface area contributed by atoms with Crippen molar-refractivity contribution in [2.24, 2.45) is 0 Å². The molecule has 0 fully saturated rings. The Hall–Kier alpha value is -3.98. The van der Waals surface area contributed by atoms with Crippen molar-refractivity contribution in [2.45, 2.75) is 24.0 Å². The third-order valence-corrected chi connectivity index (χ3v) is 6.90. The average molecular weight is 464 g/mol. The molecule has 9 heteroatoms. The number of anilines is 1. The Balaban J connectivity index is 1.49. The average Bonchev–Trinajstić information content (AvgIpc) is 3.28. The van der Waals surface area contributed by atoms with Gasteiger partial charge in [0.25, 0.3) is 5.91 Å². The van der Waals surface area contributed by atoms with Crippen molar-refractivity contribution in [1.82, 2.24) is 10.2 Å². The van der Waals surface area contributed by atoms with E-state index in [1.807, 2.05) is 30.3 Å². The Morgan fingerprint density at radius 1 is 0.909 bits per heavy atom. The van der Waals surface area contributed by atoms with Gasteiger partial charge in [0.2, 0.25) is 5.89 Å². The quantitative estimate of drug-likeness (QED) is 0.412. The van der Waals surface area contributed by atoms with Gasteiger partial charge < -0.3 is 9.15 Å². The summed E-state index contributed by atoms with van der Waals surface area (Å²) in [6, 6.07) is 22.0. The zero-order valence-corrected chi connectivity index (χ0v) is 18.7.